The fourth-order valence-corrected chi connectivity index (χ4v) is 2.97. The van der Waals surface area contributed by atoms with Gasteiger partial charge in [-0.3, -0.25) is 0 Å². The first kappa shape index (κ1) is 17.9. The summed E-state index contributed by atoms with van der Waals surface area (Å²) in [5.41, 5.74) is 0.429. The standard InChI is InChI=1S/C17H37N3/c1-6-10-17(3,14-18-16-8-9-16)15-20(11-7-2)13-12-19(4)5/h16,18H,6-15H2,1-5H3. The van der Waals surface area contributed by atoms with E-state index < -0.39 is 0 Å². The summed E-state index contributed by atoms with van der Waals surface area (Å²) in [5.74, 6) is 0. The van der Waals surface area contributed by atoms with Crippen LogP contribution < -0.4 is 5.32 Å². The van der Waals surface area contributed by atoms with Crippen LogP contribution in [-0.4, -0.2) is 62.7 Å². The van der Waals surface area contributed by atoms with Crippen LogP contribution in [0, 0.1) is 5.41 Å². The third-order valence-corrected chi connectivity index (χ3v) is 4.26. The van der Waals surface area contributed by atoms with E-state index >= 15 is 0 Å². The summed E-state index contributed by atoms with van der Waals surface area (Å²) in [6, 6.07) is 0.826. The van der Waals surface area contributed by atoms with E-state index in [9.17, 15) is 0 Å². The van der Waals surface area contributed by atoms with Crippen LogP contribution >= 0.6 is 0 Å². The SMILES string of the molecule is CCCN(CCN(C)C)CC(C)(CCC)CNC1CC1. The summed E-state index contributed by atoms with van der Waals surface area (Å²) in [7, 11) is 4.34. The van der Waals surface area contributed by atoms with Crippen LogP contribution in [0.5, 0.6) is 0 Å². The van der Waals surface area contributed by atoms with E-state index in [4.69, 9.17) is 0 Å². The molecule has 1 aliphatic rings. The second kappa shape index (κ2) is 9.01. The van der Waals surface area contributed by atoms with Crippen molar-refractivity contribution in [2.75, 3.05) is 46.8 Å². The van der Waals surface area contributed by atoms with Gasteiger partial charge in [0.2, 0.25) is 0 Å². The third-order valence-electron chi connectivity index (χ3n) is 4.26. The summed E-state index contributed by atoms with van der Waals surface area (Å²) in [6.45, 7) is 13.1. The molecule has 0 bridgehead atoms. The first-order valence-corrected chi connectivity index (χ1v) is 8.59. The van der Waals surface area contributed by atoms with Gasteiger partial charge in [-0.15, -0.1) is 0 Å². The summed E-state index contributed by atoms with van der Waals surface area (Å²) >= 11 is 0. The van der Waals surface area contributed by atoms with Gasteiger partial charge in [-0.1, -0.05) is 27.2 Å². The molecule has 1 unspecified atom stereocenters. The van der Waals surface area contributed by atoms with Crippen LogP contribution in [-0.2, 0) is 0 Å². The minimum atomic E-state index is 0.429. The lowest BCUT2D eigenvalue weighted by Crippen LogP contribution is -2.45. The predicted molar refractivity (Wildman–Crippen MR) is 89.3 cm³/mol. The molecule has 0 aromatic carbocycles. The van der Waals surface area contributed by atoms with Gasteiger partial charge < -0.3 is 15.1 Å². The first-order valence-electron chi connectivity index (χ1n) is 8.59. The number of hydrogen-bond donors (Lipinski definition) is 1. The van der Waals surface area contributed by atoms with Gasteiger partial charge in [0, 0.05) is 32.2 Å². The lowest BCUT2D eigenvalue weighted by Gasteiger charge is -2.36. The topological polar surface area (TPSA) is 18.5 Å². The number of hydrogen-bond acceptors (Lipinski definition) is 3. The van der Waals surface area contributed by atoms with Crippen molar-refractivity contribution in [1.29, 1.82) is 0 Å². The highest BCUT2D eigenvalue weighted by Gasteiger charge is 2.29. The van der Waals surface area contributed by atoms with E-state index in [1.807, 2.05) is 0 Å². The normalized spacial score (nSPS) is 18.8. The Hall–Kier alpha value is -0.120. The van der Waals surface area contributed by atoms with Gasteiger partial charge >= 0.3 is 0 Å². The monoisotopic (exact) mass is 283 g/mol. The Morgan fingerprint density at radius 1 is 1.05 bits per heavy atom. The summed E-state index contributed by atoms with van der Waals surface area (Å²) in [5, 5.41) is 3.76. The molecule has 0 amide bonds. The van der Waals surface area contributed by atoms with Crippen LogP contribution in [0.2, 0.25) is 0 Å². The molecule has 1 fully saturated rings. The fourth-order valence-electron chi connectivity index (χ4n) is 2.97. The molecule has 1 atom stereocenters. The Bertz CT molecular complexity index is 251. The van der Waals surface area contributed by atoms with Gasteiger partial charge in [-0.25, -0.2) is 0 Å². The summed E-state index contributed by atoms with van der Waals surface area (Å²) in [6.07, 6.45) is 6.65. The number of nitrogens with one attached hydrogen (secondary N) is 1. The van der Waals surface area contributed by atoms with Crippen LogP contribution in [0.25, 0.3) is 0 Å². The zero-order chi connectivity index (χ0) is 15.0. The highest BCUT2D eigenvalue weighted by Crippen LogP contribution is 2.27. The third kappa shape index (κ3) is 7.61. The molecule has 0 aromatic heterocycles. The average molecular weight is 284 g/mol. The maximum atomic E-state index is 3.76. The van der Waals surface area contributed by atoms with Crippen molar-refractivity contribution in [2.24, 2.45) is 5.41 Å². The van der Waals surface area contributed by atoms with E-state index in [0.29, 0.717) is 5.41 Å². The van der Waals surface area contributed by atoms with Crippen molar-refractivity contribution < 1.29 is 0 Å². The highest BCUT2D eigenvalue weighted by atomic mass is 15.2. The first-order chi connectivity index (χ1) is 9.49. The van der Waals surface area contributed by atoms with Crippen LogP contribution in [0.1, 0.15) is 52.9 Å². The van der Waals surface area contributed by atoms with Crippen molar-refractivity contribution in [3.63, 3.8) is 0 Å². The van der Waals surface area contributed by atoms with E-state index in [1.165, 1.54) is 58.3 Å². The van der Waals surface area contributed by atoms with Gasteiger partial charge in [0.25, 0.3) is 0 Å². The second-order valence-corrected chi connectivity index (χ2v) is 7.30. The molecule has 0 aliphatic heterocycles. The largest absolute Gasteiger partial charge is 0.313 e. The van der Waals surface area contributed by atoms with Crippen molar-refractivity contribution in [3.05, 3.63) is 0 Å². The van der Waals surface area contributed by atoms with Crippen molar-refractivity contribution in [1.82, 2.24) is 15.1 Å². The molecule has 20 heavy (non-hydrogen) atoms. The molecule has 1 N–H and O–H groups in total. The minimum Gasteiger partial charge on any atom is -0.313 e. The van der Waals surface area contributed by atoms with Gasteiger partial charge in [-0.05, 0) is 51.7 Å². The molecule has 1 rings (SSSR count). The average Bonchev–Trinajstić information content (AvgIpc) is 3.18. The van der Waals surface area contributed by atoms with E-state index in [-0.39, 0.29) is 0 Å². The summed E-state index contributed by atoms with van der Waals surface area (Å²) < 4.78 is 0. The molecule has 0 saturated heterocycles. The zero-order valence-corrected chi connectivity index (χ0v) is 14.5. The van der Waals surface area contributed by atoms with Gasteiger partial charge in [0.1, 0.15) is 0 Å². The van der Waals surface area contributed by atoms with E-state index in [0.717, 1.165) is 12.6 Å². The number of likely N-dealkylation sites (N-methyl/N-ethyl adjacent to an activating group) is 1. The number of nitrogens with zero attached hydrogens (tertiary/aromatic N) is 2. The van der Waals surface area contributed by atoms with Crippen LogP contribution in [0.4, 0.5) is 0 Å². The van der Waals surface area contributed by atoms with Crippen LogP contribution in [0.3, 0.4) is 0 Å². The smallest absolute Gasteiger partial charge is 0.0109 e. The molecule has 1 saturated carbocycles. The van der Waals surface area contributed by atoms with Gasteiger partial charge in [0.15, 0.2) is 0 Å². The Morgan fingerprint density at radius 2 is 1.75 bits per heavy atom. The predicted octanol–water partition coefficient (Wildman–Crippen LogP) is 2.82. The van der Waals surface area contributed by atoms with Crippen LogP contribution in [0.15, 0.2) is 0 Å². The molecule has 0 heterocycles. The zero-order valence-electron chi connectivity index (χ0n) is 14.5. The molecule has 1 aliphatic carbocycles. The molecule has 120 valence electrons. The quantitative estimate of drug-likeness (QED) is 0.594. The maximum absolute atomic E-state index is 3.76. The van der Waals surface area contributed by atoms with Crippen molar-refractivity contribution >= 4 is 0 Å². The Balaban J connectivity index is 2.47. The van der Waals surface area contributed by atoms with E-state index in [2.05, 4.69) is 50.0 Å². The lowest BCUT2D eigenvalue weighted by molar-refractivity contribution is 0.140. The molecule has 0 spiro atoms. The van der Waals surface area contributed by atoms with E-state index in [1.54, 1.807) is 0 Å². The number of rotatable bonds is 12. The molecule has 0 aromatic rings. The van der Waals surface area contributed by atoms with Crippen molar-refractivity contribution in [2.45, 2.75) is 58.9 Å². The Kier molecular flexibility index (Phi) is 8.08. The summed E-state index contributed by atoms with van der Waals surface area (Å²) in [4.78, 5) is 4.96. The maximum Gasteiger partial charge on any atom is 0.0109 e. The lowest BCUT2D eigenvalue weighted by atomic mass is 9.84. The van der Waals surface area contributed by atoms with Gasteiger partial charge in [0.05, 0.1) is 0 Å². The Labute approximate surface area is 127 Å². The fraction of sp³-hybridized carbons (Fsp3) is 1.00. The molecule has 3 nitrogen and oxygen atoms in total. The Morgan fingerprint density at radius 3 is 2.25 bits per heavy atom. The molecule has 3 heteroatoms. The van der Waals surface area contributed by atoms with Crippen molar-refractivity contribution in [3.8, 4) is 0 Å². The molecule has 0 radical (unpaired) electrons. The molecular weight excluding hydrogens is 246 g/mol. The minimum absolute atomic E-state index is 0.429. The highest BCUT2D eigenvalue weighted by molar-refractivity contribution is 4.87. The second-order valence-electron chi connectivity index (χ2n) is 7.30. The van der Waals surface area contributed by atoms with Gasteiger partial charge in [-0.2, -0.15) is 0 Å². The molecular formula is C17H37N3.